The number of rotatable bonds is 3. The maximum absolute atomic E-state index is 12.5. The highest BCUT2D eigenvalue weighted by molar-refractivity contribution is 6.42. The van der Waals surface area contributed by atoms with E-state index in [2.05, 4.69) is 4.90 Å². The fourth-order valence-electron chi connectivity index (χ4n) is 3.53. The van der Waals surface area contributed by atoms with Crippen LogP contribution >= 0.6 is 23.2 Å². The minimum absolute atomic E-state index is 0.270. The van der Waals surface area contributed by atoms with Crippen LogP contribution in [0.15, 0.2) is 18.2 Å². The van der Waals surface area contributed by atoms with E-state index in [1.54, 1.807) is 0 Å². The van der Waals surface area contributed by atoms with Crippen molar-refractivity contribution in [2.75, 3.05) is 26.2 Å². The third-order valence-corrected chi connectivity index (χ3v) is 5.48. The highest BCUT2D eigenvalue weighted by Gasteiger charge is 2.29. The molecule has 2 aliphatic rings. The van der Waals surface area contributed by atoms with Crippen LogP contribution in [0.4, 0.5) is 0 Å². The molecule has 1 atom stereocenters. The summed E-state index contributed by atoms with van der Waals surface area (Å²) >= 11 is 12.1. The van der Waals surface area contributed by atoms with Crippen LogP contribution in [-0.4, -0.2) is 41.9 Å². The molecule has 120 valence electrons. The highest BCUT2D eigenvalue weighted by Crippen LogP contribution is 2.34. The number of halogens is 2. The predicted octanol–water partition coefficient (Wildman–Crippen LogP) is 4.14. The Morgan fingerprint density at radius 1 is 1.05 bits per heavy atom. The summed E-state index contributed by atoms with van der Waals surface area (Å²) in [4.78, 5) is 16.8. The van der Waals surface area contributed by atoms with Gasteiger partial charge in [-0.2, -0.15) is 0 Å². The van der Waals surface area contributed by atoms with Crippen LogP contribution in [0, 0.1) is 0 Å². The van der Waals surface area contributed by atoms with Crippen molar-refractivity contribution in [3.05, 3.63) is 33.8 Å². The molecule has 0 N–H and O–H groups in total. The number of amides is 1. The van der Waals surface area contributed by atoms with Crippen LogP contribution in [0.5, 0.6) is 0 Å². The number of nitrogens with zero attached hydrogens (tertiary/aromatic N) is 2. The molecule has 3 nitrogen and oxygen atoms in total. The highest BCUT2D eigenvalue weighted by atomic mass is 35.5. The van der Waals surface area contributed by atoms with E-state index in [0.717, 1.165) is 45.3 Å². The van der Waals surface area contributed by atoms with Crippen LogP contribution in [0.1, 0.15) is 43.7 Å². The van der Waals surface area contributed by atoms with Gasteiger partial charge in [-0.1, -0.05) is 29.3 Å². The lowest BCUT2D eigenvalue weighted by atomic mass is 10.0. The average molecular weight is 341 g/mol. The molecule has 2 saturated heterocycles. The number of piperidine rings is 1. The van der Waals surface area contributed by atoms with Crippen molar-refractivity contribution in [2.24, 2.45) is 0 Å². The molecule has 0 aliphatic carbocycles. The monoisotopic (exact) mass is 340 g/mol. The second-order valence-electron chi connectivity index (χ2n) is 6.24. The minimum atomic E-state index is 0.270. The van der Waals surface area contributed by atoms with Crippen molar-refractivity contribution in [1.82, 2.24) is 9.80 Å². The van der Waals surface area contributed by atoms with Gasteiger partial charge in [-0.05, 0) is 56.3 Å². The first-order chi connectivity index (χ1) is 10.6. The number of hydrogen-bond donors (Lipinski definition) is 0. The molecule has 0 spiro atoms. The normalized spacial score (nSPS) is 23.0. The minimum Gasteiger partial charge on any atom is -0.342 e. The van der Waals surface area contributed by atoms with Gasteiger partial charge in [0.2, 0.25) is 5.91 Å². The van der Waals surface area contributed by atoms with E-state index in [4.69, 9.17) is 23.2 Å². The average Bonchev–Trinajstić information content (AvgIpc) is 2.99. The van der Waals surface area contributed by atoms with Gasteiger partial charge in [-0.15, -0.1) is 0 Å². The van der Waals surface area contributed by atoms with Crippen LogP contribution in [0.25, 0.3) is 0 Å². The summed E-state index contributed by atoms with van der Waals surface area (Å²) < 4.78 is 0. The molecule has 2 heterocycles. The molecule has 1 amide bonds. The standard InChI is InChI=1S/C17H22Cl2N2O/c18-14-7-6-13(11-15(14)19)16-5-4-10-21(16)12-17(22)20-8-2-1-3-9-20/h6-7,11,16H,1-5,8-10,12H2/t16-/m0/s1. The zero-order valence-electron chi connectivity index (χ0n) is 12.7. The van der Waals surface area contributed by atoms with Crippen molar-refractivity contribution in [2.45, 2.75) is 38.1 Å². The Bertz CT molecular complexity index is 543. The number of carbonyl (C=O) groups excluding carboxylic acids is 1. The molecular formula is C17H22Cl2N2O. The number of benzene rings is 1. The molecule has 0 aromatic heterocycles. The maximum Gasteiger partial charge on any atom is 0.236 e. The first kappa shape index (κ1) is 16.1. The SMILES string of the molecule is O=C(CN1CCC[C@H]1c1ccc(Cl)c(Cl)c1)N1CCCCC1. The summed E-state index contributed by atoms with van der Waals surface area (Å²) in [6.45, 7) is 3.34. The lowest BCUT2D eigenvalue weighted by Gasteiger charge is -2.31. The van der Waals surface area contributed by atoms with Crippen molar-refractivity contribution in [3.8, 4) is 0 Å². The van der Waals surface area contributed by atoms with E-state index in [9.17, 15) is 4.79 Å². The van der Waals surface area contributed by atoms with Crippen molar-refractivity contribution in [1.29, 1.82) is 0 Å². The predicted molar refractivity (Wildman–Crippen MR) is 90.4 cm³/mol. The second kappa shape index (κ2) is 7.20. The van der Waals surface area contributed by atoms with E-state index in [0.29, 0.717) is 16.6 Å². The van der Waals surface area contributed by atoms with Gasteiger partial charge in [0.25, 0.3) is 0 Å². The smallest absolute Gasteiger partial charge is 0.236 e. The number of hydrogen-bond acceptors (Lipinski definition) is 2. The molecule has 22 heavy (non-hydrogen) atoms. The lowest BCUT2D eigenvalue weighted by molar-refractivity contribution is -0.133. The molecular weight excluding hydrogens is 319 g/mol. The van der Waals surface area contributed by atoms with Crippen LogP contribution in [-0.2, 0) is 4.79 Å². The van der Waals surface area contributed by atoms with Gasteiger partial charge in [0.1, 0.15) is 0 Å². The molecule has 2 fully saturated rings. The van der Waals surface area contributed by atoms with Crippen LogP contribution < -0.4 is 0 Å². The Hall–Kier alpha value is -0.770. The molecule has 0 saturated carbocycles. The molecule has 1 aromatic rings. The maximum atomic E-state index is 12.5. The van der Waals surface area contributed by atoms with E-state index >= 15 is 0 Å². The largest absolute Gasteiger partial charge is 0.342 e. The zero-order valence-corrected chi connectivity index (χ0v) is 14.2. The Morgan fingerprint density at radius 2 is 1.82 bits per heavy atom. The Kier molecular flexibility index (Phi) is 5.27. The van der Waals surface area contributed by atoms with Gasteiger partial charge in [-0.25, -0.2) is 0 Å². The quantitative estimate of drug-likeness (QED) is 0.825. The van der Waals surface area contributed by atoms with Gasteiger partial charge < -0.3 is 4.90 Å². The van der Waals surface area contributed by atoms with Crippen LogP contribution in [0.2, 0.25) is 10.0 Å². The summed E-state index contributed by atoms with van der Waals surface area (Å²) in [5, 5.41) is 1.17. The summed E-state index contributed by atoms with van der Waals surface area (Å²) in [6.07, 6.45) is 5.73. The van der Waals surface area contributed by atoms with E-state index in [1.165, 1.54) is 12.0 Å². The Morgan fingerprint density at radius 3 is 2.55 bits per heavy atom. The van der Waals surface area contributed by atoms with Crippen molar-refractivity contribution < 1.29 is 4.79 Å². The molecule has 5 heteroatoms. The van der Waals surface area contributed by atoms with Crippen LogP contribution in [0.3, 0.4) is 0 Å². The fourth-order valence-corrected chi connectivity index (χ4v) is 3.84. The van der Waals surface area contributed by atoms with E-state index in [1.807, 2.05) is 23.1 Å². The topological polar surface area (TPSA) is 23.6 Å². The molecule has 0 radical (unpaired) electrons. The summed E-state index contributed by atoms with van der Waals surface area (Å²) in [5.74, 6) is 0.270. The second-order valence-corrected chi connectivity index (χ2v) is 7.06. The summed E-state index contributed by atoms with van der Waals surface area (Å²) in [7, 11) is 0. The van der Waals surface area contributed by atoms with Gasteiger partial charge in [0.15, 0.2) is 0 Å². The first-order valence-corrected chi connectivity index (χ1v) is 8.87. The summed E-state index contributed by atoms with van der Waals surface area (Å²) in [5.41, 5.74) is 1.17. The zero-order chi connectivity index (χ0) is 15.5. The molecule has 2 aliphatic heterocycles. The third kappa shape index (κ3) is 3.58. The van der Waals surface area contributed by atoms with E-state index in [-0.39, 0.29) is 11.9 Å². The fraction of sp³-hybridized carbons (Fsp3) is 0.588. The third-order valence-electron chi connectivity index (χ3n) is 4.74. The Labute approximate surface area is 142 Å². The van der Waals surface area contributed by atoms with Gasteiger partial charge >= 0.3 is 0 Å². The first-order valence-electron chi connectivity index (χ1n) is 8.12. The lowest BCUT2D eigenvalue weighted by Crippen LogP contribution is -2.42. The van der Waals surface area contributed by atoms with Gasteiger partial charge in [0.05, 0.1) is 16.6 Å². The Balaban J connectivity index is 1.67. The molecule has 1 aromatic carbocycles. The molecule has 3 rings (SSSR count). The molecule has 0 unspecified atom stereocenters. The summed E-state index contributed by atoms with van der Waals surface area (Å²) in [6, 6.07) is 6.10. The molecule has 0 bridgehead atoms. The van der Waals surface area contributed by atoms with Gasteiger partial charge in [0, 0.05) is 19.1 Å². The van der Waals surface area contributed by atoms with Crippen molar-refractivity contribution >= 4 is 29.1 Å². The number of likely N-dealkylation sites (tertiary alicyclic amines) is 2. The van der Waals surface area contributed by atoms with E-state index < -0.39 is 0 Å². The van der Waals surface area contributed by atoms with Gasteiger partial charge in [-0.3, -0.25) is 9.69 Å². The number of carbonyl (C=O) groups is 1. The van der Waals surface area contributed by atoms with Crippen molar-refractivity contribution in [3.63, 3.8) is 0 Å².